The standard InChI is InChI=1S/C22H18BrN3OS/c1-14-2-7-17(8-3-14)26-20-11-4-15(22(24)27)12-19(20)25-21(26)13-28-18-9-5-16(23)6-10-18/h2-12H,13H2,1H3,(H2,24,27). The van der Waals surface area contributed by atoms with Crippen molar-refractivity contribution in [1.29, 1.82) is 0 Å². The first-order valence-corrected chi connectivity index (χ1v) is 10.6. The minimum Gasteiger partial charge on any atom is -0.366 e. The van der Waals surface area contributed by atoms with Gasteiger partial charge in [-0.3, -0.25) is 9.36 Å². The van der Waals surface area contributed by atoms with Gasteiger partial charge in [0.2, 0.25) is 5.91 Å². The molecule has 4 nitrogen and oxygen atoms in total. The summed E-state index contributed by atoms with van der Waals surface area (Å²) in [6.07, 6.45) is 0. The highest BCUT2D eigenvalue weighted by Crippen LogP contribution is 2.29. The summed E-state index contributed by atoms with van der Waals surface area (Å²) in [6, 6.07) is 22.0. The fraction of sp³-hybridized carbons (Fsp3) is 0.0909. The number of imidazole rings is 1. The Balaban J connectivity index is 1.78. The van der Waals surface area contributed by atoms with Gasteiger partial charge in [0.05, 0.1) is 16.8 Å². The van der Waals surface area contributed by atoms with Gasteiger partial charge in [0.25, 0.3) is 0 Å². The third kappa shape index (κ3) is 3.84. The number of aromatic nitrogens is 2. The zero-order valence-electron chi connectivity index (χ0n) is 15.2. The molecule has 0 aliphatic carbocycles. The summed E-state index contributed by atoms with van der Waals surface area (Å²) >= 11 is 5.19. The fourth-order valence-electron chi connectivity index (χ4n) is 3.04. The van der Waals surface area contributed by atoms with Gasteiger partial charge in [-0.2, -0.15) is 0 Å². The van der Waals surface area contributed by atoms with Crippen LogP contribution >= 0.6 is 27.7 Å². The minimum absolute atomic E-state index is 0.447. The third-order valence-electron chi connectivity index (χ3n) is 4.48. The summed E-state index contributed by atoms with van der Waals surface area (Å²) in [5.41, 5.74) is 9.89. The maximum atomic E-state index is 11.6. The Morgan fingerprint density at radius 3 is 2.46 bits per heavy atom. The Kier molecular flexibility index (Phi) is 5.24. The van der Waals surface area contributed by atoms with E-state index >= 15 is 0 Å². The molecule has 1 aromatic heterocycles. The molecule has 0 bridgehead atoms. The lowest BCUT2D eigenvalue weighted by Gasteiger charge is -2.10. The summed E-state index contributed by atoms with van der Waals surface area (Å²) in [6.45, 7) is 2.07. The van der Waals surface area contributed by atoms with Crippen molar-refractivity contribution in [1.82, 2.24) is 9.55 Å². The molecule has 6 heteroatoms. The van der Waals surface area contributed by atoms with E-state index in [0.29, 0.717) is 11.3 Å². The number of hydrogen-bond donors (Lipinski definition) is 1. The topological polar surface area (TPSA) is 60.9 Å². The second kappa shape index (κ2) is 7.81. The van der Waals surface area contributed by atoms with Crippen LogP contribution in [0.3, 0.4) is 0 Å². The van der Waals surface area contributed by atoms with Gasteiger partial charge < -0.3 is 5.73 Å². The first-order valence-electron chi connectivity index (χ1n) is 8.78. The molecule has 0 saturated heterocycles. The van der Waals surface area contributed by atoms with Crippen molar-refractivity contribution in [3.63, 3.8) is 0 Å². The van der Waals surface area contributed by atoms with Gasteiger partial charge in [-0.1, -0.05) is 33.6 Å². The number of fused-ring (bicyclic) bond motifs is 1. The molecule has 0 saturated carbocycles. The normalized spacial score (nSPS) is 11.1. The molecule has 1 heterocycles. The highest BCUT2D eigenvalue weighted by Gasteiger charge is 2.14. The largest absolute Gasteiger partial charge is 0.366 e. The molecule has 3 aromatic carbocycles. The lowest BCUT2D eigenvalue weighted by molar-refractivity contribution is 0.100. The van der Waals surface area contributed by atoms with Gasteiger partial charge in [0.1, 0.15) is 5.82 Å². The number of carbonyl (C=O) groups is 1. The molecule has 0 aliphatic rings. The number of primary amides is 1. The average molecular weight is 452 g/mol. The highest BCUT2D eigenvalue weighted by atomic mass is 79.9. The molecule has 4 aromatic rings. The number of aryl methyl sites for hydroxylation is 1. The lowest BCUT2D eigenvalue weighted by Crippen LogP contribution is -2.10. The van der Waals surface area contributed by atoms with Crippen LogP contribution in [0.2, 0.25) is 0 Å². The summed E-state index contributed by atoms with van der Waals surface area (Å²) in [5.74, 6) is 1.18. The highest BCUT2D eigenvalue weighted by molar-refractivity contribution is 9.10. The van der Waals surface area contributed by atoms with E-state index in [4.69, 9.17) is 10.7 Å². The van der Waals surface area contributed by atoms with Crippen molar-refractivity contribution < 1.29 is 4.79 Å². The van der Waals surface area contributed by atoms with Crippen LogP contribution in [0.1, 0.15) is 21.7 Å². The molecule has 1 amide bonds. The van der Waals surface area contributed by atoms with E-state index in [1.165, 1.54) is 10.5 Å². The second-order valence-corrected chi connectivity index (χ2v) is 8.47. The summed E-state index contributed by atoms with van der Waals surface area (Å²) in [4.78, 5) is 17.5. The smallest absolute Gasteiger partial charge is 0.248 e. The molecule has 0 spiro atoms. The Morgan fingerprint density at radius 1 is 1.07 bits per heavy atom. The average Bonchev–Trinajstić information content (AvgIpc) is 3.05. The van der Waals surface area contributed by atoms with Crippen molar-refractivity contribution in [2.24, 2.45) is 5.73 Å². The van der Waals surface area contributed by atoms with E-state index in [1.807, 2.05) is 18.2 Å². The van der Waals surface area contributed by atoms with Crippen LogP contribution in [0.5, 0.6) is 0 Å². The quantitative estimate of drug-likeness (QED) is 0.408. The van der Waals surface area contributed by atoms with Crippen LogP contribution in [0.25, 0.3) is 16.7 Å². The zero-order valence-corrected chi connectivity index (χ0v) is 17.6. The monoisotopic (exact) mass is 451 g/mol. The van der Waals surface area contributed by atoms with Crippen LogP contribution in [0, 0.1) is 6.92 Å². The second-order valence-electron chi connectivity index (χ2n) is 6.51. The van der Waals surface area contributed by atoms with Crippen molar-refractivity contribution in [2.75, 3.05) is 0 Å². The molecule has 2 N–H and O–H groups in total. The van der Waals surface area contributed by atoms with E-state index in [-0.39, 0.29) is 0 Å². The van der Waals surface area contributed by atoms with Crippen LogP contribution in [0.4, 0.5) is 0 Å². The summed E-state index contributed by atoms with van der Waals surface area (Å²) < 4.78 is 3.20. The number of nitrogens with zero attached hydrogens (tertiary/aromatic N) is 2. The maximum absolute atomic E-state index is 11.6. The van der Waals surface area contributed by atoms with E-state index in [2.05, 4.69) is 63.8 Å². The van der Waals surface area contributed by atoms with Gasteiger partial charge in [-0.15, -0.1) is 11.8 Å². The van der Waals surface area contributed by atoms with Crippen molar-refractivity contribution in [2.45, 2.75) is 17.6 Å². The Hall–Kier alpha value is -2.57. The summed E-state index contributed by atoms with van der Waals surface area (Å²) in [5, 5.41) is 0. The molecule has 0 atom stereocenters. The van der Waals surface area contributed by atoms with Crippen molar-refractivity contribution >= 4 is 44.6 Å². The molecular weight excluding hydrogens is 434 g/mol. The van der Waals surface area contributed by atoms with Gasteiger partial charge >= 0.3 is 0 Å². The SMILES string of the molecule is Cc1ccc(-n2c(CSc3ccc(Br)cc3)nc3cc(C(N)=O)ccc32)cc1. The molecule has 0 fully saturated rings. The van der Waals surface area contributed by atoms with E-state index in [0.717, 1.165) is 27.0 Å². The molecule has 0 unspecified atom stereocenters. The zero-order chi connectivity index (χ0) is 19.7. The van der Waals surface area contributed by atoms with Crippen LogP contribution in [-0.2, 0) is 5.75 Å². The number of carbonyl (C=O) groups excluding carboxylic acids is 1. The maximum Gasteiger partial charge on any atom is 0.248 e. The number of benzene rings is 3. The lowest BCUT2D eigenvalue weighted by atomic mass is 10.2. The van der Waals surface area contributed by atoms with Gasteiger partial charge in [-0.05, 0) is 61.5 Å². The number of hydrogen-bond acceptors (Lipinski definition) is 3. The molecule has 140 valence electrons. The van der Waals surface area contributed by atoms with Crippen molar-refractivity contribution in [3.8, 4) is 5.69 Å². The van der Waals surface area contributed by atoms with Crippen LogP contribution in [0.15, 0.2) is 76.1 Å². The van der Waals surface area contributed by atoms with Gasteiger partial charge in [-0.25, -0.2) is 4.98 Å². The molecule has 4 rings (SSSR count). The predicted molar refractivity (Wildman–Crippen MR) is 118 cm³/mol. The number of rotatable bonds is 5. The fourth-order valence-corrected chi connectivity index (χ4v) is 4.12. The van der Waals surface area contributed by atoms with Crippen LogP contribution < -0.4 is 5.73 Å². The number of nitrogens with two attached hydrogens (primary N) is 1. The first-order chi connectivity index (χ1) is 13.5. The third-order valence-corrected chi connectivity index (χ3v) is 6.02. The Morgan fingerprint density at radius 2 is 1.79 bits per heavy atom. The van der Waals surface area contributed by atoms with E-state index < -0.39 is 5.91 Å². The van der Waals surface area contributed by atoms with Crippen LogP contribution in [-0.4, -0.2) is 15.5 Å². The molecule has 28 heavy (non-hydrogen) atoms. The molecule has 0 aliphatic heterocycles. The van der Waals surface area contributed by atoms with E-state index in [9.17, 15) is 4.79 Å². The molecule has 0 radical (unpaired) electrons. The first kappa shape index (κ1) is 18.8. The Bertz CT molecular complexity index is 1150. The number of amides is 1. The molecular formula is C22H18BrN3OS. The number of halogens is 1. The minimum atomic E-state index is -0.447. The van der Waals surface area contributed by atoms with Gasteiger partial charge in [0, 0.05) is 20.6 Å². The summed E-state index contributed by atoms with van der Waals surface area (Å²) in [7, 11) is 0. The Labute approximate surface area is 175 Å². The van der Waals surface area contributed by atoms with Gasteiger partial charge in [0.15, 0.2) is 0 Å². The predicted octanol–water partition coefficient (Wildman–Crippen LogP) is 5.49. The number of thioether (sulfide) groups is 1. The van der Waals surface area contributed by atoms with Crippen molar-refractivity contribution in [3.05, 3.63) is 88.2 Å². The van der Waals surface area contributed by atoms with E-state index in [1.54, 1.807) is 23.9 Å².